The van der Waals surface area contributed by atoms with Gasteiger partial charge in [-0.2, -0.15) is 0 Å². The standard InChI is InChI=1S/C12H21NO4/c1-8(14)16-7-9-5-10(6-9)13-11(15)17-12(2,3)4/h9-10H,5-7H2,1-4H3,(H,13,15)/t9-,10+. The fourth-order valence-electron chi connectivity index (χ4n) is 1.70. The Morgan fingerprint density at radius 3 is 2.35 bits per heavy atom. The van der Waals surface area contributed by atoms with Crippen LogP contribution in [0.15, 0.2) is 0 Å². The third-order valence-corrected chi connectivity index (χ3v) is 2.48. The lowest BCUT2D eigenvalue weighted by atomic mass is 9.81. The second-order valence-corrected chi connectivity index (χ2v) is 5.48. The number of hydrogen-bond donors (Lipinski definition) is 1. The van der Waals surface area contributed by atoms with Gasteiger partial charge in [0.2, 0.25) is 0 Å². The summed E-state index contributed by atoms with van der Waals surface area (Å²) in [6, 6.07) is 0.144. The van der Waals surface area contributed by atoms with Crippen LogP contribution in [0.4, 0.5) is 4.79 Å². The Morgan fingerprint density at radius 2 is 1.88 bits per heavy atom. The zero-order valence-electron chi connectivity index (χ0n) is 10.9. The molecule has 5 nitrogen and oxygen atoms in total. The lowest BCUT2D eigenvalue weighted by Gasteiger charge is -2.35. The van der Waals surface area contributed by atoms with Crippen molar-refractivity contribution in [2.24, 2.45) is 5.92 Å². The molecule has 0 aliphatic heterocycles. The molecular weight excluding hydrogens is 222 g/mol. The molecule has 0 spiro atoms. The monoisotopic (exact) mass is 243 g/mol. The first-order valence-electron chi connectivity index (χ1n) is 5.89. The van der Waals surface area contributed by atoms with E-state index in [4.69, 9.17) is 9.47 Å². The Morgan fingerprint density at radius 1 is 1.29 bits per heavy atom. The van der Waals surface area contributed by atoms with Gasteiger partial charge in [-0.1, -0.05) is 0 Å². The smallest absolute Gasteiger partial charge is 0.407 e. The van der Waals surface area contributed by atoms with Crippen LogP contribution in [-0.2, 0) is 14.3 Å². The highest BCUT2D eigenvalue weighted by Crippen LogP contribution is 2.27. The predicted molar refractivity (Wildman–Crippen MR) is 62.5 cm³/mol. The van der Waals surface area contributed by atoms with Gasteiger partial charge in [0.25, 0.3) is 0 Å². The van der Waals surface area contributed by atoms with Crippen molar-refractivity contribution in [3.8, 4) is 0 Å². The average molecular weight is 243 g/mol. The SMILES string of the molecule is CC(=O)OC[C@H]1C[C@@H](NC(=O)OC(C)(C)C)C1. The molecular formula is C12H21NO4. The van der Waals surface area contributed by atoms with Crippen LogP contribution in [0.25, 0.3) is 0 Å². The highest BCUT2D eigenvalue weighted by Gasteiger charge is 2.32. The normalized spacial score (nSPS) is 23.5. The van der Waals surface area contributed by atoms with E-state index in [9.17, 15) is 9.59 Å². The number of amides is 1. The number of esters is 1. The minimum absolute atomic E-state index is 0.144. The summed E-state index contributed by atoms with van der Waals surface area (Å²) < 4.78 is 10.0. The van der Waals surface area contributed by atoms with Crippen molar-refractivity contribution in [2.45, 2.75) is 52.2 Å². The van der Waals surface area contributed by atoms with Gasteiger partial charge in [0.15, 0.2) is 0 Å². The van der Waals surface area contributed by atoms with Gasteiger partial charge in [-0.05, 0) is 39.5 Å². The Labute approximate surface area is 102 Å². The van der Waals surface area contributed by atoms with Crippen LogP contribution in [0.3, 0.4) is 0 Å². The molecule has 0 saturated heterocycles. The predicted octanol–water partition coefficient (Wildman–Crippen LogP) is 1.85. The quantitative estimate of drug-likeness (QED) is 0.768. The van der Waals surface area contributed by atoms with Crippen molar-refractivity contribution >= 4 is 12.1 Å². The number of carbonyl (C=O) groups is 2. The Hall–Kier alpha value is -1.26. The molecule has 0 heterocycles. The molecule has 1 fully saturated rings. The molecule has 0 unspecified atom stereocenters. The number of ether oxygens (including phenoxy) is 2. The maximum absolute atomic E-state index is 11.4. The second-order valence-electron chi connectivity index (χ2n) is 5.48. The van der Waals surface area contributed by atoms with Gasteiger partial charge in [0.05, 0.1) is 6.61 Å². The summed E-state index contributed by atoms with van der Waals surface area (Å²) in [5.41, 5.74) is -0.467. The lowest BCUT2D eigenvalue weighted by molar-refractivity contribution is -0.143. The first-order valence-corrected chi connectivity index (χ1v) is 5.89. The molecule has 1 aliphatic carbocycles. The molecule has 0 aromatic rings. The van der Waals surface area contributed by atoms with Crippen LogP contribution in [0, 0.1) is 5.92 Å². The molecule has 98 valence electrons. The van der Waals surface area contributed by atoms with Crippen LogP contribution in [0.2, 0.25) is 0 Å². The lowest BCUT2D eigenvalue weighted by Crippen LogP contribution is -2.47. The summed E-state index contributed by atoms with van der Waals surface area (Å²) in [5, 5.41) is 2.79. The molecule has 1 amide bonds. The molecule has 5 heteroatoms. The summed E-state index contributed by atoms with van der Waals surface area (Å²) in [6.45, 7) is 7.33. The van der Waals surface area contributed by atoms with Crippen molar-refractivity contribution < 1.29 is 19.1 Å². The highest BCUT2D eigenvalue weighted by molar-refractivity contribution is 5.68. The molecule has 0 aromatic carbocycles. The van der Waals surface area contributed by atoms with Crippen LogP contribution >= 0.6 is 0 Å². The Bertz CT molecular complexity index is 289. The number of carbonyl (C=O) groups excluding carboxylic acids is 2. The highest BCUT2D eigenvalue weighted by atomic mass is 16.6. The average Bonchev–Trinajstić information content (AvgIpc) is 2.04. The van der Waals surface area contributed by atoms with Gasteiger partial charge in [0, 0.05) is 13.0 Å². The maximum atomic E-state index is 11.4. The molecule has 17 heavy (non-hydrogen) atoms. The Balaban J connectivity index is 2.13. The van der Waals surface area contributed by atoms with Gasteiger partial charge in [0.1, 0.15) is 5.60 Å². The summed E-state index contributed by atoms with van der Waals surface area (Å²) in [6.07, 6.45) is 1.30. The largest absolute Gasteiger partial charge is 0.466 e. The molecule has 0 atom stereocenters. The fraction of sp³-hybridized carbons (Fsp3) is 0.833. The number of hydrogen-bond acceptors (Lipinski definition) is 4. The minimum atomic E-state index is -0.467. The van der Waals surface area contributed by atoms with E-state index >= 15 is 0 Å². The van der Waals surface area contributed by atoms with Crippen molar-refractivity contribution in [3.05, 3.63) is 0 Å². The zero-order valence-corrected chi connectivity index (χ0v) is 10.9. The van der Waals surface area contributed by atoms with Crippen molar-refractivity contribution in [1.82, 2.24) is 5.32 Å². The van der Waals surface area contributed by atoms with E-state index in [1.165, 1.54) is 6.92 Å². The summed E-state index contributed by atoms with van der Waals surface area (Å²) in [7, 11) is 0. The number of alkyl carbamates (subject to hydrolysis) is 1. The van der Waals surface area contributed by atoms with Crippen molar-refractivity contribution in [1.29, 1.82) is 0 Å². The van der Waals surface area contributed by atoms with Crippen molar-refractivity contribution in [3.63, 3.8) is 0 Å². The zero-order chi connectivity index (χ0) is 13.1. The summed E-state index contributed by atoms with van der Waals surface area (Å²) >= 11 is 0. The van der Waals surface area contributed by atoms with E-state index in [0.717, 1.165) is 12.8 Å². The topological polar surface area (TPSA) is 64.6 Å². The molecule has 0 aromatic heterocycles. The van der Waals surface area contributed by atoms with E-state index < -0.39 is 5.60 Å². The fourth-order valence-corrected chi connectivity index (χ4v) is 1.70. The third kappa shape index (κ3) is 5.56. The van der Waals surface area contributed by atoms with Gasteiger partial charge >= 0.3 is 12.1 Å². The first-order chi connectivity index (χ1) is 7.76. The molecule has 1 saturated carbocycles. The molecule has 0 bridgehead atoms. The van der Waals surface area contributed by atoms with Crippen LogP contribution < -0.4 is 5.32 Å². The van der Waals surface area contributed by atoms with Crippen LogP contribution in [0.1, 0.15) is 40.5 Å². The van der Waals surface area contributed by atoms with Crippen LogP contribution in [-0.4, -0.2) is 30.3 Å². The van der Waals surface area contributed by atoms with Gasteiger partial charge in [-0.15, -0.1) is 0 Å². The van der Waals surface area contributed by atoms with Gasteiger partial charge < -0.3 is 14.8 Å². The van der Waals surface area contributed by atoms with E-state index in [0.29, 0.717) is 12.5 Å². The van der Waals surface area contributed by atoms with E-state index in [1.807, 2.05) is 20.8 Å². The van der Waals surface area contributed by atoms with Gasteiger partial charge in [-0.3, -0.25) is 4.79 Å². The minimum Gasteiger partial charge on any atom is -0.466 e. The maximum Gasteiger partial charge on any atom is 0.407 e. The summed E-state index contributed by atoms with van der Waals surface area (Å²) in [5.74, 6) is 0.104. The van der Waals surface area contributed by atoms with E-state index in [1.54, 1.807) is 0 Å². The van der Waals surface area contributed by atoms with Crippen LogP contribution in [0.5, 0.6) is 0 Å². The Kier molecular flexibility index (Phi) is 4.37. The first kappa shape index (κ1) is 13.8. The molecule has 1 rings (SSSR count). The molecule has 0 radical (unpaired) electrons. The van der Waals surface area contributed by atoms with Gasteiger partial charge in [-0.25, -0.2) is 4.79 Å². The summed E-state index contributed by atoms with van der Waals surface area (Å²) in [4.78, 5) is 22.0. The molecule has 1 N–H and O–H groups in total. The second kappa shape index (κ2) is 5.38. The number of rotatable bonds is 3. The van der Waals surface area contributed by atoms with Crippen molar-refractivity contribution in [2.75, 3.05) is 6.61 Å². The van der Waals surface area contributed by atoms with E-state index in [-0.39, 0.29) is 18.1 Å². The third-order valence-electron chi connectivity index (χ3n) is 2.48. The molecule has 1 aliphatic rings. The number of nitrogens with one attached hydrogen (secondary N) is 1. The van der Waals surface area contributed by atoms with E-state index in [2.05, 4.69) is 5.32 Å².